The first-order valence-corrected chi connectivity index (χ1v) is 16.9. The second-order valence-electron chi connectivity index (χ2n) is 11.0. The molecule has 0 fully saturated rings. The lowest BCUT2D eigenvalue weighted by Crippen LogP contribution is -2.47. The summed E-state index contributed by atoms with van der Waals surface area (Å²) in [7, 11) is -5.80. The number of amides is 2. The lowest BCUT2D eigenvalue weighted by Gasteiger charge is -2.37. The highest BCUT2D eigenvalue weighted by atomic mass is 32.2. The van der Waals surface area contributed by atoms with Gasteiger partial charge in [0.05, 0.1) is 13.0 Å². The van der Waals surface area contributed by atoms with Gasteiger partial charge in [-0.2, -0.15) is 0 Å². The zero-order valence-corrected chi connectivity index (χ0v) is 23.3. The van der Waals surface area contributed by atoms with Crippen LogP contribution in [0.5, 0.6) is 0 Å². The number of anilines is 1. The van der Waals surface area contributed by atoms with E-state index >= 15 is 0 Å². The summed E-state index contributed by atoms with van der Waals surface area (Å²) in [5, 5.41) is 2.57. The van der Waals surface area contributed by atoms with Crippen molar-refractivity contribution in [2.24, 2.45) is 0 Å². The molecule has 0 saturated carbocycles. The van der Waals surface area contributed by atoms with Crippen LogP contribution >= 0.6 is 0 Å². The van der Waals surface area contributed by atoms with Crippen molar-refractivity contribution in [3.8, 4) is 0 Å². The Labute approximate surface area is 211 Å². The van der Waals surface area contributed by atoms with Crippen molar-refractivity contribution in [2.45, 2.75) is 63.4 Å². The van der Waals surface area contributed by atoms with Gasteiger partial charge in [0.1, 0.15) is 23.3 Å². The number of ether oxygens (including phenoxy) is 1. The molecule has 0 bridgehead atoms. The number of carbonyl (C=O) groups is 2. The molecule has 0 saturated heterocycles. The van der Waals surface area contributed by atoms with Gasteiger partial charge in [-0.05, 0) is 62.6 Å². The molecule has 1 heterocycles. The minimum absolute atomic E-state index is 0.0344. The second-order valence-corrected chi connectivity index (χ2v) is 18.0. The highest BCUT2D eigenvalue weighted by Gasteiger charge is 2.39. The molecule has 0 spiro atoms. The van der Waals surface area contributed by atoms with Gasteiger partial charge in [0, 0.05) is 23.7 Å². The van der Waals surface area contributed by atoms with E-state index in [1.165, 1.54) is 23.1 Å². The maximum absolute atomic E-state index is 14.8. The summed E-state index contributed by atoms with van der Waals surface area (Å²) in [4.78, 5) is 27.8. The van der Waals surface area contributed by atoms with Crippen LogP contribution in [0.2, 0.25) is 19.6 Å². The van der Waals surface area contributed by atoms with Crippen LogP contribution in [-0.4, -0.2) is 51.8 Å². The van der Waals surface area contributed by atoms with Crippen LogP contribution in [0.4, 0.5) is 19.3 Å². The Balaban J connectivity index is 2.04. The average Bonchev–Trinajstić information content (AvgIpc) is 2.68. The van der Waals surface area contributed by atoms with Crippen LogP contribution in [0.1, 0.15) is 37.9 Å². The Bertz CT molecular complexity index is 1290. The van der Waals surface area contributed by atoms with Gasteiger partial charge in [-0.3, -0.25) is 9.69 Å². The van der Waals surface area contributed by atoms with Gasteiger partial charge in [-0.1, -0.05) is 25.7 Å². The SMILES string of the molecule is CC(C)(C)OC(=O)N1CCc2cc(S(C)(=O)=O)ccc2[C@@H]1C(=O)Nc1cc(F)c([Si](C)(C)C)c(F)c1. The number of hydrogen-bond donors (Lipinski definition) is 1. The Morgan fingerprint density at radius 1 is 1.08 bits per heavy atom. The third kappa shape index (κ3) is 6.12. The quantitative estimate of drug-likeness (QED) is 0.583. The molecule has 11 heteroatoms. The monoisotopic (exact) mass is 538 g/mol. The number of fused-ring (bicyclic) bond motifs is 1. The Kier molecular flexibility index (Phi) is 7.40. The van der Waals surface area contributed by atoms with Crippen LogP contribution in [-0.2, 0) is 25.8 Å². The van der Waals surface area contributed by atoms with E-state index in [0.29, 0.717) is 17.5 Å². The van der Waals surface area contributed by atoms with Gasteiger partial charge in [-0.25, -0.2) is 22.0 Å². The molecule has 0 radical (unpaired) electrons. The predicted molar refractivity (Wildman–Crippen MR) is 137 cm³/mol. The van der Waals surface area contributed by atoms with Crippen molar-refractivity contribution in [1.29, 1.82) is 0 Å². The number of sulfone groups is 1. The Morgan fingerprint density at radius 2 is 1.67 bits per heavy atom. The fourth-order valence-electron chi connectivity index (χ4n) is 4.21. The molecule has 2 aromatic carbocycles. The van der Waals surface area contributed by atoms with E-state index in [9.17, 15) is 26.8 Å². The van der Waals surface area contributed by atoms with Gasteiger partial charge in [-0.15, -0.1) is 0 Å². The largest absolute Gasteiger partial charge is 0.444 e. The molecule has 3 rings (SSSR count). The molecule has 1 aliphatic heterocycles. The summed E-state index contributed by atoms with van der Waals surface area (Å²) in [6, 6.07) is 5.29. The summed E-state index contributed by atoms with van der Waals surface area (Å²) < 4.78 is 59.1. The highest BCUT2D eigenvalue weighted by Crippen LogP contribution is 2.34. The molecule has 1 N–H and O–H groups in total. The molecule has 2 aromatic rings. The molecule has 7 nitrogen and oxygen atoms in total. The average molecular weight is 539 g/mol. The van der Waals surface area contributed by atoms with Gasteiger partial charge >= 0.3 is 6.09 Å². The molecule has 1 atom stereocenters. The maximum Gasteiger partial charge on any atom is 0.411 e. The fourth-order valence-corrected chi connectivity index (χ4v) is 6.46. The topological polar surface area (TPSA) is 92.8 Å². The molecule has 1 aliphatic rings. The first-order valence-electron chi connectivity index (χ1n) is 11.5. The standard InChI is InChI=1S/C25H32F2N2O5SSi/c1-25(2,3)34-24(31)29-11-10-15-12-17(35(4,32)33)8-9-18(15)21(29)23(30)28-16-13-19(26)22(20(27)14-16)36(5,6)7/h8-9,12-14,21H,10-11H2,1-7H3,(H,28,30)/t21-/m1/s1. The van der Waals surface area contributed by atoms with E-state index < -0.39 is 53.2 Å². The smallest absolute Gasteiger partial charge is 0.411 e. The summed E-state index contributed by atoms with van der Waals surface area (Å²) in [5.41, 5.74) is 0.0966. The van der Waals surface area contributed by atoms with Crippen LogP contribution < -0.4 is 10.5 Å². The lowest BCUT2D eigenvalue weighted by molar-refractivity contribution is -0.121. The van der Waals surface area contributed by atoms with Crippen LogP contribution in [0.3, 0.4) is 0 Å². The normalized spacial score (nSPS) is 16.4. The zero-order chi connectivity index (χ0) is 27.2. The van der Waals surface area contributed by atoms with Crippen molar-refractivity contribution in [3.63, 3.8) is 0 Å². The van der Waals surface area contributed by atoms with E-state index in [4.69, 9.17) is 4.74 Å². The van der Waals surface area contributed by atoms with Gasteiger partial charge in [0.15, 0.2) is 9.84 Å². The number of benzene rings is 2. The summed E-state index contributed by atoms with van der Waals surface area (Å²) in [5.74, 6) is -2.18. The molecule has 0 aliphatic carbocycles. The molecule has 36 heavy (non-hydrogen) atoms. The molecule has 0 aromatic heterocycles. The predicted octanol–water partition coefficient (Wildman–Crippen LogP) is 4.39. The molecule has 0 unspecified atom stereocenters. The zero-order valence-electron chi connectivity index (χ0n) is 21.5. The second kappa shape index (κ2) is 9.58. The minimum Gasteiger partial charge on any atom is -0.444 e. The first kappa shape index (κ1) is 27.8. The van der Waals surface area contributed by atoms with E-state index in [2.05, 4.69) is 5.32 Å². The van der Waals surface area contributed by atoms with E-state index in [0.717, 1.165) is 18.4 Å². The molecular weight excluding hydrogens is 506 g/mol. The van der Waals surface area contributed by atoms with Crippen LogP contribution in [0.25, 0.3) is 0 Å². The third-order valence-corrected chi connectivity index (χ3v) is 8.79. The summed E-state index contributed by atoms with van der Waals surface area (Å²) in [6.07, 6.45) is 0.657. The van der Waals surface area contributed by atoms with E-state index in [-0.39, 0.29) is 22.3 Å². The first-order chi connectivity index (χ1) is 16.4. The van der Waals surface area contributed by atoms with Gasteiger partial charge < -0.3 is 10.1 Å². The summed E-state index contributed by atoms with van der Waals surface area (Å²) >= 11 is 0. The number of halogens is 2. The Morgan fingerprint density at radius 3 is 2.17 bits per heavy atom. The van der Waals surface area contributed by atoms with E-state index in [1.54, 1.807) is 20.8 Å². The lowest BCUT2D eigenvalue weighted by atomic mass is 9.92. The van der Waals surface area contributed by atoms with Crippen molar-refractivity contribution >= 4 is 40.8 Å². The number of nitrogens with one attached hydrogen (secondary N) is 1. The number of hydrogen-bond acceptors (Lipinski definition) is 5. The number of rotatable bonds is 4. The molecule has 2 amide bonds. The minimum atomic E-state index is -3.49. The van der Waals surface area contributed by atoms with Gasteiger partial charge in [0.25, 0.3) is 5.91 Å². The van der Waals surface area contributed by atoms with E-state index in [1.807, 2.05) is 19.6 Å². The Hall–Kier alpha value is -2.79. The highest BCUT2D eigenvalue weighted by molar-refractivity contribution is 7.90. The van der Waals surface area contributed by atoms with Crippen molar-refractivity contribution in [3.05, 3.63) is 53.1 Å². The van der Waals surface area contributed by atoms with Crippen molar-refractivity contribution < 1.29 is 31.5 Å². The maximum atomic E-state index is 14.8. The fraction of sp³-hybridized carbons (Fsp3) is 0.440. The van der Waals surface area contributed by atoms with Crippen molar-refractivity contribution in [1.82, 2.24) is 4.90 Å². The summed E-state index contributed by atoms with van der Waals surface area (Å²) in [6.45, 7) is 10.6. The molecular formula is C25H32F2N2O5SSi. The number of nitrogens with zero attached hydrogens (tertiary/aromatic N) is 1. The van der Waals surface area contributed by atoms with Crippen LogP contribution in [0.15, 0.2) is 35.2 Å². The number of carbonyl (C=O) groups excluding carboxylic acids is 2. The van der Waals surface area contributed by atoms with Gasteiger partial charge in [0.2, 0.25) is 0 Å². The third-order valence-electron chi connectivity index (χ3n) is 5.71. The van der Waals surface area contributed by atoms with Crippen LogP contribution in [0, 0.1) is 11.6 Å². The van der Waals surface area contributed by atoms with Crippen molar-refractivity contribution in [2.75, 3.05) is 18.1 Å². The molecule has 196 valence electrons.